The van der Waals surface area contributed by atoms with E-state index in [1.54, 1.807) is 23.1 Å². The predicted molar refractivity (Wildman–Crippen MR) is 83.3 cm³/mol. The molecule has 2 aromatic heterocycles. The molecule has 0 aliphatic rings. The van der Waals surface area contributed by atoms with E-state index in [-0.39, 0.29) is 11.9 Å². The number of rotatable bonds is 3. The van der Waals surface area contributed by atoms with E-state index in [0.717, 1.165) is 10.9 Å². The van der Waals surface area contributed by atoms with Crippen LogP contribution in [0.25, 0.3) is 10.9 Å². The van der Waals surface area contributed by atoms with Crippen molar-refractivity contribution in [2.45, 2.75) is 19.9 Å². The van der Waals surface area contributed by atoms with Gasteiger partial charge in [-0.3, -0.25) is 9.48 Å². The molecule has 1 amide bonds. The van der Waals surface area contributed by atoms with E-state index in [1.165, 1.54) is 0 Å². The maximum absolute atomic E-state index is 12.4. The molecule has 6 heteroatoms. The monoisotopic (exact) mass is 283 g/mol. The highest BCUT2D eigenvalue weighted by Gasteiger charge is 2.13. The minimum absolute atomic E-state index is 0.172. The van der Waals surface area contributed by atoms with Gasteiger partial charge in [-0.15, -0.1) is 0 Å². The van der Waals surface area contributed by atoms with E-state index in [2.05, 4.69) is 15.4 Å². The van der Waals surface area contributed by atoms with Crippen LogP contribution in [-0.2, 0) is 0 Å². The van der Waals surface area contributed by atoms with Crippen LogP contribution in [0.4, 0.5) is 11.4 Å². The Morgan fingerprint density at radius 3 is 2.95 bits per heavy atom. The van der Waals surface area contributed by atoms with Crippen molar-refractivity contribution in [3.05, 3.63) is 42.4 Å². The quantitative estimate of drug-likeness (QED) is 0.646. The number of nitrogens with zero attached hydrogens (tertiary/aromatic N) is 2. The van der Waals surface area contributed by atoms with Crippen molar-refractivity contribution in [1.29, 1.82) is 0 Å². The second kappa shape index (κ2) is 4.97. The number of nitrogens with one attached hydrogen (secondary N) is 2. The first-order valence-electron chi connectivity index (χ1n) is 6.76. The molecule has 2 heterocycles. The average Bonchev–Trinajstić information content (AvgIpc) is 3.04. The minimum Gasteiger partial charge on any atom is -0.399 e. The van der Waals surface area contributed by atoms with Gasteiger partial charge in [0.25, 0.3) is 5.91 Å². The van der Waals surface area contributed by atoms with Crippen molar-refractivity contribution in [1.82, 2.24) is 14.8 Å². The molecule has 0 aliphatic carbocycles. The lowest BCUT2D eigenvalue weighted by atomic mass is 10.1. The minimum atomic E-state index is -0.172. The van der Waals surface area contributed by atoms with Crippen molar-refractivity contribution >= 4 is 28.2 Å². The van der Waals surface area contributed by atoms with Crippen LogP contribution in [0.15, 0.2) is 36.8 Å². The summed E-state index contributed by atoms with van der Waals surface area (Å²) in [5.41, 5.74) is 8.50. The number of benzene rings is 1. The number of hydrogen-bond acceptors (Lipinski definition) is 3. The highest BCUT2D eigenvalue weighted by molar-refractivity contribution is 6.13. The van der Waals surface area contributed by atoms with Gasteiger partial charge in [-0.2, -0.15) is 5.10 Å². The van der Waals surface area contributed by atoms with Crippen LogP contribution in [0, 0.1) is 0 Å². The Hall–Kier alpha value is -2.76. The molecule has 6 nitrogen and oxygen atoms in total. The van der Waals surface area contributed by atoms with Gasteiger partial charge < -0.3 is 16.0 Å². The smallest absolute Gasteiger partial charge is 0.257 e. The molecular weight excluding hydrogens is 266 g/mol. The number of carbonyl (C=O) groups excluding carboxylic acids is 1. The van der Waals surface area contributed by atoms with Gasteiger partial charge in [-0.25, -0.2) is 0 Å². The molecule has 1 aromatic carbocycles. The number of fused-ring (bicyclic) bond motifs is 1. The molecule has 108 valence electrons. The fourth-order valence-electron chi connectivity index (χ4n) is 2.22. The molecule has 0 fully saturated rings. The van der Waals surface area contributed by atoms with Crippen LogP contribution in [0.1, 0.15) is 30.2 Å². The summed E-state index contributed by atoms with van der Waals surface area (Å²) in [6, 6.07) is 5.69. The van der Waals surface area contributed by atoms with E-state index < -0.39 is 0 Å². The molecule has 3 aromatic rings. The van der Waals surface area contributed by atoms with Crippen molar-refractivity contribution in [3.63, 3.8) is 0 Å². The molecule has 0 radical (unpaired) electrons. The first-order chi connectivity index (χ1) is 10.0. The summed E-state index contributed by atoms with van der Waals surface area (Å²) < 4.78 is 1.80. The average molecular weight is 283 g/mol. The van der Waals surface area contributed by atoms with Gasteiger partial charge in [0.15, 0.2) is 0 Å². The molecule has 0 spiro atoms. The Morgan fingerprint density at radius 1 is 1.43 bits per heavy atom. The molecule has 4 N–H and O–H groups in total. The van der Waals surface area contributed by atoms with Gasteiger partial charge in [-0.1, -0.05) is 0 Å². The number of nitrogen functional groups attached to an aromatic ring is 1. The fourth-order valence-corrected chi connectivity index (χ4v) is 2.22. The zero-order chi connectivity index (χ0) is 15.0. The Morgan fingerprint density at radius 2 is 2.24 bits per heavy atom. The number of carbonyl (C=O) groups is 1. The lowest BCUT2D eigenvalue weighted by Gasteiger charge is -2.04. The summed E-state index contributed by atoms with van der Waals surface area (Å²) in [6.45, 7) is 4.06. The summed E-state index contributed by atoms with van der Waals surface area (Å²) in [4.78, 5) is 15.4. The number of aromatic nitrogens is 3. The van der Waals surface area contributed by atoms with Crippen LogP contribution < -0.4 is 11.1 Å². The van der Waals surface area contributed by atoms with Gasteiger partial charge in [0.2, 0.25) is 0 Å². The van der Waals surface area contributed by atoms with Gasteiger partial charge in [0, 0.05) is 35.0 Å². The summed E-state index contributed by atoms with van der Waals surface area (Å²) >= 11 is 0. The highest BCUT2D eigenvalue weighted by atomic mass is 16.1. The van der Waals surface area contributed by atoms with Crippen LogP contribution >= 0.6 is 0 Å². The van der Waals surface area contributed by atoms with Gasteiger partial charge >= 0.3 is 0 Å². The first-order valence-corrected chi connectivity index (χ1v) is 6.76. The zero-order valence-corrected chi connectivity index (χ0v) is 11.9. The van der Waals surface area contributed by atoms with E-state index in [9.17, 15) is 4.79 Å². The SMILES string of the molecule is CC(C)n1cc(NC(=O)c2c[nH]c3cc(N)ccc23)cn1. The molecule has 0 unspecified atom stereocenters. The third-order valence-electron chi connectivity index (χ3n) is 3.34. The summed E-state index contributed by atoms with van der Waals surface area (Å²) in [5.74, 6) is -0.172. The third kappa shape index (κ3) is 2.47. The normalized spacial score (nSPS) is 11.2. The number of anilines is 2. The number of hydrogen-bond donors (Lipinski definition) is 3. The lowest BCUT2D eigenvalue weighted by Crippen LogP contribution is -2.11. The highest BCUT2D eigenvalue weighted by Crippen LogP contribution is 2.21. The van der Waals surface area contributed by atoms with Crippen molar-refractivity contribution in [3.8, 4) is 0 Å². The molecule has 0 bridgehead atoms. The lowest BCUT2D eigenvalue weighted by molar-refractivity contribution is 0.102. The number of nitrogens with two attached hydrogens (primary N) is 1. The van der Waals surface area contributed by atoms with Crippen molar-refractivity contribution in [2.24, 2.45) is 0 Å². The van der Waals surface area contributed by atoms with E-state index in [0.29, 0.717) is 16.9 Å². The van der Waals surface area contributed by atoms with Crippen LogP contribution in [0.5, 0.6) is 0 Å². The van der Waals surface area contributed by atoms with Gasteiger partial charge in [-0.05, 0) is 32.0 Å². The maximum atomic E-state index is 12.4. The topological polar surface area (TPSA) is 88.7 Å². The van der Waals surface area contributed by atoms with Crippen LogP contribution in [-0.4, -0.2) is 20.7 Å². The fraction of sp³-hybridized carbons (Fsp3) is 0.200. The standard InChI is InChI=1S/C15H17N5O/c1-9(2)20-8-11(6-18-20)19-15(21)13-7-17-14-5-10(16)3-4-12(13)14/h3-9,17H,16H2,1-2H3,(H,19,21). The van der Waals surface area contributed by atoms with E-state index in [1.807, 2.05) is 32.2 Å². The third-order valence-corrected chi connectivity index (χ3v) is 3.34. The second-order valence-corrected chi connectivity index (χ2v) is 5.26. The molecule has 0 aliphatic heterocycles. The maximum Gasteiger partial charge on any atom is 0.257 e. The predicted octanol–water partition coefficient (Wildman–Crippen LogP) is 2.78. The number of aromatic amines is 1. The largest absolute Gasteiger partial charge is 0.399 e. The van der Waals surface area contributed by atoms with E-state index in [4.69, 9.17) is 5.73 Å². The van der Waals surface area contributed by atoms with Gasteiger partial charge in [0.1, 0.15) is 0 Å². The Balaban J connectivity index is 1.86. The molecule has 3 rings (SSSR count). The van der Waals surface area contributed by atoms with Gasteiger partial charge in [0.05, 0.1) is 17.4 Å². The van der Waals surface area contributed by atoms with Crippen LogP contribution in [0.2, 0.25) is 0 Å². The molecule has 0 saturated carbocycles. The molecule has 0 saturated heterocycles. The second-order valence-electron chi connectivity index (χ2n) is 5.26. The zero-order valence-electron chi connectivity index (χ0n) is 11.9. The Labute approximate surface area is 121 Å². The molecule has 0 atom stereocenters. The first kappa shape index (κ1) is 13.2. The van der Waals surface area contributed by atoms with Crippen LogP contribution in [0.3, 0.4) is 0 Å². The number of amides is 1. The van der Waals surface area contributed by atoms with Crippen molar-refractivity contribution < 1.29 is 4.79 Å². The summed E-state index contributed by atoms with van der Waals surface area (Å²) in [7, 11) is 0. The Bertz CT molecular complexity index is 799. The Kier molecular flexibility index (Phi) is 3.13. The summed E-state index contributed by atoms with van der Waals surface area (Å²) in [6.07, 6.45) is 5.15. The van der Waals surface area contributed by atoms with E-state index >= 15 is 0 Å². The molecule has 21 heavy (non-hydrogen) atoms. The summed E-state index contributed by atoms with van der Waals surface area (Å²) in [5, 5.41) is 7.90. The molecular formula is C15H17N5O. The number of H-pyrrole nitrogens is 1. The van der Waals surface area contributed by atoms with Crippen molar-refractivity contribution in [2.75, 3.05) is 11.1 Å².